The second-order valence-corrected chi connectivity index (χ2v) is 5.82. The van der Waals surface area contributed by atoms with E-state index in [4.69, 9.17) is 21.1 Å². The molecular weight excluding hydrogens is 395 g/mol. The zero-order chi connectivity index (χ0) is 14.5. The molecule has 2 aromatic rings. The first kappa shape index (κ1) is 15.2. The van der Waals surface area contributed by atoms with Crippen molar-refractivity contribution in [1.82, 2.24) is 10.2 Å². The fourth-order valence-electron chi connectivity index (χ4n) is 1.68. The monoisotopic (exact) mass is 406 g/mol. The van der Waals surface area contributed by atoms with Crippen molar-refractivity contribution in [2.45, 2.75) is 25.7 Å². The van der Waals surface area contributed by atoms with E-state index in [2.05, 4.69) is 32.8 Å². The molecule has 0 unspecified atom stereocenters. The molecule has 0 aliphatic rings. The topological polar surface area (TPSA) is 76.2 Å². The van der Waals surface area contributed by atoms with Gasteiger partial charge in [0.1, 0.15) is 0 Å². The maximum Gasteiger partial charge on any atom is 0.303 e. The van der Waals surface area contributed by atoms with Crippen molar-refractivity contribution in [2.24, 2.45) is 0 Å². The molecule has 20 heavy (non-hydrogen) atoms. The largest absolute Gasteiger partial charge is 0.481 e. The minimum absolute atomic E-state index is 0.160. The number of aryl methyl sites for hydroxylation is 1. The predicted octanol–water partition coefficient (Wildman–Crippen LogP) is 3.79. The number of carboxylic acid groups (broad SMARTS) is 1. The van der Waals surface area contributed by atoms with Gasteiger partial charge in [0.2, 0.25) is 11.8 Å². The van der Waals surface area contributed by atoms with E-state index in [0.717, 1.165) is 9.13 Å². The summed E-state index contributed by atoms with van der Waals surface area (Å²) in [6.45, 7) is 0. The van der Waals surface area contributed by atoms with Crippen molar-refractivity contribution in [1.29, 1.82) is 0 Å². The van der Waals surface area contributed by atoms with Gasteiger partial charge in [0.25, 0.3) is 0 Å². The number of carboxylic acids is 1. The Kier molecular flexibility index (Phi) is 5.36. The number of rotatable bonds is 6. The van der Waals surface area contributed by atoms with E-state index in [9.17, 15) is 4.79 Å². The van der Waals surface area contributed by atoms with Crippen molar-refractivity contribution in [2.75, 3.05) is 0 Å². The molecule has 0 spiro atoms. The van der Waals surface area contributed by atoms with Crippen LogP contribution in [0.4, 0.5) is 0 Å². The third-order valence-corrected chi connectivity index (χ3v) is 3.83. The number of nitrogens with zero attached hydrogens (tertiary/aromatic N) is 2. The van der Waals surface area contributed by atoms with E-state index in [1.165, 1.54) is 0 Å². The summed E-state index contributed by atoms with van der Waals surface area (Å²) in [7, 11) is 0. The van der Waals surface area contributed by atoms with Gasteiger partial charge < -0.3 is 9.52 Å². The highest BCUT2D eigenvalue weighted by Crippen LogP contribution is 2.27. The standard InChI is InChI=1S/C13H12ClIN2O3/c14-8-5-6-10(15)9(7-8)13-17-16-11(20-13)3-1-2-4-12(18)19/h5-7H,1-4H2,(H,18,19). The Morgan fingerprint density at radius 1 is 1.35 bits per heavy atom. The number of hydrogen-bond acceptors (Lipinski definition) is 4. The third kappa shape index (κ3) is 4.17. The summed E-state index contributed by atoms with van der Waals surface area (Å²) in [6, 6.07) is 5.47. The lowest BCUT2D eigenvalue weighted by molar-refractivity contribution is -0.137. The van der Waals surface area contributed by atoms with Crippen LogP contribution in [0.5, 0.6) is 0 Å². The van der Waals surface area contributed by atoms with E-state index in [1.54, 1.807) is 12.1 Å². The number of unbranched alkanes of at least 4 members (excludes halogenated alkanes) is 1. The van der Waals surface area contributed by atoms with Gasteiger partial charge in [0, 0.05) is 21.4 Å². The molecule has 2 rings (SSSR count). The van der Waals surface area contributed by atoms with Gasteiger partial charge in [-0.3, -0.25) is 4.79 Å². The summed E-state index contributed by atoms with van der Waals surface area (Å²) in [5.74, 6) is 0.163. The summed E-state index contributed by atoms with van der Waals surface area (Å²) in [5, 5.41) is 17.1. The molecule has 0 fully saturated rings. The van der Waals surface area contributed by atoms with Gasteiger partial charge in [-0.05, 0) is 53.6 Å². The molecule has 1 aromatic heterocycles. The van der Waals surface area contributed by atoms with Crippen molar-refractivity contribution in [3.05, 3.63) is 32.7 Å². The molecule has 0 aliphatic carbocycles. The number of benzene rings is 1. The smallest absolute Gasteiger partial charge is 0.303 e. The average molecular weight is 407 g/mol. The summed E-state index contributed by atoms with van der Waals surface area (Å²) in [4.78, 5) is 10.4. The average Bonchev–Trinajstić information content (AvgIpc) is 2.86. The highest BCUT2D eigenvalue weighted by molar-refractivity contribution is 14.1. The highest BCUT2D eigenvalue weighted by Gasteiger charge is 2.12. The van der Waals surface area contributed by atoms with Gasteiger partial charge >= 0.3 is 5.97 Å². The summed E-state index contributed by atoms with van der Waals surface area (Å²) in [6.07, 6.45) is 2.05. The lowest BCUT2D eigenvalue weighted by atomic mass is 10.2. The lowest BCUT2D eigenvalue weighted by Gasteiger charge is -1.99. The predicted molar refractivity (Wildman–Crippen MR) is 82.7 cm³/mol. The second-order valence-electron chi connectivity index (χ2n) is 4.23. The van der Waals surface area contributed by atoms with E-state index in [-0.39, 0.29) is 6.42 Å². The summed E-state index contributed by atoms with van der Waals surface area (Å²) in [5.41, 5.74) is 0.808. The molecule has 0 saturated carbocycles. The van der Waals surface area contributed by atoms with Crippen LogP contribution in [0.3, 0.4) is 0 Å². The maximum absolute atomic E-state index is 10.4. The van der Waals surface area contributed by atoms with Crippen molar-refractivity contribution in [3.63, 3.8) is 0 Å². The van der Waals surface area contributed by atoms with Gasteiger partial charge in [-0.1, -0.05) is 11.6 Å². The molecular formula is C13H12ClIN2O3. The van der Waals surface area contributed by atoms with Crippen LogP contribution in [0.2, 0.25) is 5.02 Å². The first-order chi connectivity index (χ1) is 9.56. The molecule has 5 nitrogen and oxygen atoms in total. The van der Waals surface area contributed by atoms with Crippen LogP contribution < -0.4 is 0 Å². The van der Waals surface area contributed by atoms with E-state index < -0.39 is 5.97 Å². The van der Waals surface area contributed by atoms with Crippen molar-refractivity contribution < 1.29 is 14.3 Å². The molecule has 0 radical (unpaired) electrons. The quantitative estimate of drug-likeness (QED) is 0.583. The van der Waals surface area contributed by atoms with E-state index in [0.29, 0.717) is 36.1 Å². The Morgan fingerprint density at radius 3 is 2.90 bits per heavy atom. The van der Waals surface area contributed by atoms with Gasteiger partial charge in [0.05, 0.1) is 5.56 Å². The number of carbonyl (C=O) groups is 1. The van der Waals surface area contributed by atoms with Crippen LogP contribution in [-0.4, -0.2) is 21.3 Å². The van der Waals surface area contributed by atoms with Crippen molar-refractivity contribution >= 4 is 40.2 Å². The molecule has 0 saturated heterocycles. The minimum Gasteiger partial charge on any atom is -0.481 e. The fourth-order valence-corrected chi connectivity index (χ4v) is 2.42. The third-order valence-electron chi connectivity index (χ3n) is 2.66. The summed E-state index contributed by atoms with van der Waals surface area (Å²) < 4.78 is 6.56. The zero-order valence-corrected chi connectivity index (χ0v) is 13.4. The molecule has 0 aliphatic heterocycles. The molecule has 0 bridgehead atoms. The number of aliphatic carboxylic acids is 1. The molecule has 0 atom stereocenters. The van der Waals surface area contributed by atoms with Crippen LogP contribution in [0.25, 0.3) is 11.5 Å². The second kappa shape index (κ2) is 7.03. The van der Waals surface area contributed by atoms with Crippen LogP contribution in [0, 0.1) is 3.57 Å². The Labute approximate surface area is 134 Å². The van der Waals surface area contributed by atoms with Gasteiger partial charge in [-0.25, -0.2) is 0 Å². The molecule has 7 heteroatoms. The van der Waals surface area contributed by atoms with Gasteiger partial charge in [-0.2, -0.15) is 0 Å². The SMILES string of the molecule is O=C(O)CCCCc1nnc(-c2cc(Cl)ccc2I)o1. The Hall–Kier alpha value is -1.15. The molecule has 106 valence electrons. The zero-order valence-electron chi connectivity index (χ0n) is 10.5. The van der Waals surface area contributed by atoms with Crippen molar-refractivity contribution in [3.8, 4) is 11.5 Å². The molecule has 1 heterocycles. The normalized spacial score (nSPS) is 10.7. The van der Waals surface area contributed by atoms with Gasteiger partial charge in [-0.15, -0.1) is 10.2 Å². The van der Waals surface area contributed by atoms with Crippen LogP contribution in [0.15, 0.2) is 22.6 Å². The lowest BCUT2D eigenvalue weighted by Crippen LogP contribution is -1.95. The van der Waals surface area contributed by atoms with Gasteiger partial charge in [0.15, 0.2) is 0 Å². The Morgan fingerprint density at radius 2 is 2.15 bits per heavy atom. The summed E-state index contributed by atoms with van der Waals surface area (Å²) >= 11 is 8.14. The molecule has 1 N–H and O–H groups in total. The van der Waals surface area contributed by atoms with Crippen LogP contribution in [0.1, 0.15) is 25.2 Å². The fraction of sp³-hybridized carbons (Fsp3) is 0.308. The first-order valence-corrected chi connectivity index (χ1v) is 7.51. The maximum atomic E-state index is 10.4. The van der Waals surface area contributed by atoms with Crippen LogP contribution >= 0.6 is 34.2 Å². The highest BCUT2D eigenvalue weighted by atomic mass is 127. The Balaban J connectivity index is 2.01. The molecule has 1 aromatic carbocycles. The number of aromatic nitrogens is 2. The van der Waals surface area contributed by atoms with Crippen LogP contribution in [-0.2, 0) is 11.2 Å². The Bertz CT molecular complexity index is 615. The minimum atomic E-state index is -0.787. The number of hydrogen-bond donors (Lipinski definition) is 1. The molecule has 0 amide bonds. The first-order valence-electron chi connectivity index (χ1n) is 6.06. The van der Waals surface area contributed by atoms with E-state index in [1.807, 2.05) is 6.07 Å². The van der Waals surface area contributed by atoms with E-state index >= 15 is 0 Å². The number of halogens is 2.